The van der Waals surface area contributed by atoms with Crippen molar-refractivity contribution in [3.8, 4) is 0 Å². The Bertz CT molecular complexity index is 717. The first kappa shape index (κ1) is 14.1. The fourth-order valence-electron chi connectivity index (χ4n) is 1.71. The van der Waals surface area contributed by atoms with Crippen molar-refractivity contribution in [1.82, 2.24) is 4.57 Å². The first-order chi connectivity index (χ1) is 9.51. The second-order valence-electron chi connectivity index (χ2n) is 4.17. The zero-order valence-corrected chi connectivity index (χ0v) is 11.6. The number of aryl methyl sites for hydroxylation is 1. The quantitative estimate of drug-likeness (QED) is 0.481. The number of nitro groups is 1. The highest BCUT2D eigenvalue weighted by Crippen LogP contribution is 2.18. The molecule has 0 atom stereocenters. The summed E-state index contributed by atoms with van der Waals surface area (Å²) in [5.41, 5.74) is -1.19. The van der Waals surface area contributed by atoms with Crippen molar-refractivity contribution in [1.29, 1.82) is 0 Å². The fourth-order valence-corrected chi connectivity index (χ4v) is 2.59. The first-order valence-corrected chi connectivity index (χ1v) is 6.79. The highest BCUT2D eigenvalue weighted by molar-refractivity contribution is 7.14. The third-order valence-electron chi connectivity index (χ3n) is 2.77. The number of hydrogen-bond donors (Lipinski definition) is 0. The molecule has 0 saturated heterocycles. The molecule has 7 heteroatoms. The predicted octanol–water partition coefficient (Wildman–Crippen LogP) is 2.26. The molecule has 2 heterocycles. The number of rotatable bonds is 5. The van der Waals surface area contributed by atoms with Crippen LogP contribution in [-0.4, -0.2) is 15.3 Å². The van der Waals surface area contributed by atoms with Crippen LogP contribution in [0.2, 0.25) is 0 Å². The molecule has 0 radical (unpaired) electrons. The summed E-state index contributed by atoms with van der Waals surface area (Å²) in [6.07, 6.45) is 3.33. The molecule has 2 aromatic heterocycles. The largest absolute Gasteiger partial charge is 0.340 e. The number of hydrogen-bond acceptors (Lipinski definition) is 5. The zero-order valence-electron chi connectivity index (χ0n) is 10.7. The maximum atomic E-state index is 12.1. The van der Waals surface area contributed by atoms with Gasteiger partial charge in [0.15, 0.2) is 5.78 Å². The Balaban J connectivity index is 2.21. The lowest BCUT2D eigenvalue weighted by molar-refractivity contribution is -0.386. The van der Waals surface area contributed by atoms with E-state index >= 15 is 0 Å². The second-order valence-corrected chi connectivity index (χ2v) is 5.33. The Kier molecular flexibility index (Phi) is 4.09. The van der Waals surface area contributed by atoms with E-state index in [9.17, 15) is 19.7 Å². The summed E-state index contributed by atoms with van der Waals surface area (Å²) in [4.78, 5) is 35.0. The number of carbonyl (C=O) groups excluding carboxylic acids is 1. The molecule has 0 unspecified atom stereocenters. The monoisotopic (exact) mass is 292 g/mol. The topological polar surface area (TPSA) is 82.2 Å². The Morgan fingerprint density at radius 1 is 1.40 bits per heavy atom. The fraction of sp³-hybridized carbons (Fsp3) is 0.231. The van der Waals surface area contributed by atoms with Gasteiger partial charge in [0.2, 0.25) is 0 Å². The van der Waals surface area contributed by atoms with Crippen LogP contribution in [0.4, 0.5) is 5.69 Å². The average molecular weight is 292 g/mol. The van der Waals surface area contributed by atoms with Crippen molar-refractivity contribution in [2.45, 2.75) is 19.9 Å². The number of nitrogens with zero attached hydrogens (tertiary/aromatic N) is 2. The van der Waals surface area contributed by atoms with Crippen LogP contribution in [0.1, 0.15) is 21.5 Å². The summed E-state index contributed by atoms with van der Waals surface area (Å²) in [7, 11) is 0. The van der Waals surface area contributed by atoms with Gasteiger partial charge in [-0.25, -0.2) is 0 Å². The van der Waals surface area contributed by atoms with E-state index in [1.165, 1.54) is 22.1 Å². The predicted molar refractivity (Wildman–Crippen MR) is 75.4 cm³/mol. The average Bonchev–Trinajstić information content (AvgIpc) is 2.89. The van der Waals surface area contributed by atoms with Crippen LogP contribution in [0.3, 0.4) is 0 Å². The maximum absolute atomic E-state index is 12.1. The molecule has 0 saturated carbocycles. The molecule has 6 nitrogen and oxygen atoms in total. The molecule has 0 aliphatic heterocycles. The minimum absolute atomic E-state index is 0.0230. The molecule has 0 bridgehead atoms. The number of ketones is 1. The lowest BCUT2D eigenvalue weighted by Gasteiger charge is -2.03. The minimum Gasteiger partial charge on any atom is -0.340 e. The van der Waals surface area contributed by atoms with E-state index in [-0.39, 0.29) is 12.3 Å². The van der Waals surface area contributed by atoms with Gasteiger partial charge < -0.3 is 4.57 Å². The molecule has 2 aromatic rings. The summed E-state index contributed by atoms with van der Waals surface area (Å²) in [5.74, 6) is -0.132. The van der Waals surface area contributed by atoms with Crippen LogP contribution in [-0.2, 0) is 13.0 Å². The van der Waals surface area contributed by atoms with Gasteiger partial charge in [-0.2, -0.15) is 0 Å². The van der Waals surface area contributed by atoms with Gasteiger partial charge in [0.05, 0.1) is 22.5 Å². The molecule has 0 N–H and O–H groups in total. The van der Waals surface area contributed by atoms with Gasteiger partial charge in [0.1, 0.15) is 0 Å². The van der Waals surface area contributed by atoms with E-state index in [4.69, 9.17) is 0 Å². The van der Waals surface area contributed by atoms with Gasteiger partial charge in [0.25, 0.3) is 5.43 Å². The summed E-state index contributed by atoms with van der Waals surface area (Å²) in [5, 5.41) is 10.7. The summed E-state index contributed by atoms with van der Waals surface area (Å²) in [6, 6.07) is 4.74. The van der Waals surface area contributed by atoms with E-state index in [0.717, 1.165) is 23.6 Å². The Morgan fingerprint density at radius 2 is 2.15 bits per heavy atom. The van der Waals surface area contributed by atoms with Crippen molar-refractivity contribution in [3.63, 3.8) is 0 Å². The van der Waals surface area contributed by atoms with E-state index < -0.39 is 16.0 Å². The van der Waals surface area contributed by atoms with Crippen LogP contribution in [0.25, 0.3) is 0 Å². The lowest BCUT2D eigenvalue weighted by atomic mass is 10.3. The first-order valence-electron chi connectivity index (χ1n) is 5.97. The van der Waals surface area contributed by atoms with E-state index in [1.807, 2.05) is 13.0 Å². The number of carbonyl (C=O) groups is 1. The minimum atomic E-state index is -0.746. The van der Waals surface area contributed by atoms with Crippen LogP contribution < -0.4 is 5.43 Å². The molecule has 0 spiro atoms. The number of thiophene rings is 1. The number of aromatic nitrogens is 1. The highest BCUT2D eigenvalue weighted by Gasteiger charge is 2.14. The van der Waals surface area contributed by atoms with Crippen LogP contribution in [0, 0.1) is 10.1 Å². The molecule has 20 heavy (non-hydrogen) atoms. The Hall–Kier alpha value is -2.28. The number of Topliss-reactive ketones (excluding diaryl/α,β-unsaturated/α-hetero) is 1. The molecule has 2 rings (SSSR count). The van der Waals surface area contributed by atoms with Crippen LogP contribution >= 0.6 is 11.3 Å². The van der Waals surface area contributed by atoms with Crippen LogP contribution in [0.15, 0.2) is 35.4 Å². The van der Waals surface area contributed by atoms with Crippen molar-refractivity contribution < 1.29 is 9.72 Å². The van der Waals surface area contributed by atoms with E-state index in [2.05, 4.69) is 0 Å². The lowest BCUT2D eigenvalue weighted by Crippen LogP contribution is -2.14. The summed E-state index contributed by atoms with van der Waals surface area (Å²) in [6.45, 7) is 1.98. The summed E-state index contributed by atoms with van der Waals surface area (Å²) >= 11 is 1.42. The molecular weight excluding hydrogens is 280 g/mol. The van der Waals surface area contributed by atoms with Gasteiger partial charge in [0, 0.05) is 17.1 Å². The molecule has 0 aliphatic rings. The molecule has 0 aromatic carbocycles. The highest BCUT2D eigenvalue weighted by atomic mass is 32.1. The SMILES string of the molecule is CCc1ccc(C(=O)Cn2ccc(=O)c([N+](=O)[O-])c2)s1. The summed E-state index contributed by atoms with van der Waals surface area (Å²) < 4.78 is 1.35. The number of pyridine rings is 1. The molecule has 0 amide bonds. The zero-order chi connectivity index (χ0) is 14.7. The molecular formula is C13H12N2O4S. The maximum Gasteiger partial charge on any atom is 0.332 e. The van der Waals surface area contributed by atoms with Crippen molar-refractivity contribution in [2.24, 2.45) is 0 Å². The van der Waals surface area contributed by atoms with Crippen LogP contribution in [0.5, 0.6) is 0 Å². The normalized spacial score (nSPS) is 10.4. The van der Waals surface area contributed by atoms with Gasteiger partial charge >= 0.3 is 5.69 Å². The van der Waals surface area contributed by atoms with Crippen molar-refractivity contribution >= 4 is 22.8 Å². The molecule has 104 valence electrons. The van der Waals surface area contributed by atoms with Crippen molar-refractivity contribution in [2.75, 3.05) is 0 Å². The second kappa shape index (κ2) is 5.79. The van der Waals surface area contributed by atoms with E-state index in [0.29, 0.717) is 4.88 Å². The molecule has 0 aliphatic carbocycles. The Morgan fingerprint density at radius 3 is 2.75 bits per heavy atom. The van der Waals surface area contributed by atoms with Crippen molar-refractivity contribution in [3.05, 3.63) is 60.7 Å². The smallest absolute Gasteiger partial charge is 0.332 e. The van der Waals surface area contributed by atoms with Gasteiger partial charge in [-0.15, -0.1) is 11.3 Å². The third-order valence-corrected chi connectivity index (χ3v) is 4.04. The Labute approximate surface area is 118 Å². The van der Waals surface area contributed by atoms with Gasteiger partial charge in [-0.05, 0) is 18.6 Å². The molecule has 0 fully saturated rings. The standard InChI is InChI=1S/C13H12N2O4S/c1-2-9-3-4-13(20-9)12(17)8-14-6-5-11(16)10(7-14)15(18)19/h3-7H,2,8H2,1H3. The van der Waals surface area contributed by atoms with E-state index in [1.54, 1.807) is 6.07 Å². The van der Waals surface area contributed by atoms with Gasteiger partial charge in [-0.3, -0.25) is 19.7 Å². The third kappa shape index (κ3) is 3.00. The van der Waals surface area contributed by atoms with Gasteiger partial charge in [-0.1, -0.05) is 6.92 Å².